The van der Waals surface area contributed by atoms with Crippen molar-refractivity contribution < 1.29 is 8.42 Å². The number of fused-ring (bicyclic) bond motifs is 1. The number of aromatic nitrogens is 2. The first kappa shape index (κ1) is 21.8. The average Bonchev–Trinajstić information content (AvgIpc) is 3.07. The highest BCUT2D eigenvalue weighted by molar-refractivity contribution is 7.87. The zero-order valence-corrected chi connectivity index (χ0v) is 19.7. The second-order valence-corrected chi connectivity index (χ2v) is 11.7. The highest BCUT2D eigenvalue weighted by Crippen LogP contribution is 2.47. The molecule has 6 heteroatoms. The lowest BCUT2D eigenvalue weighted by Crippen LogP contribution is -2.34. The Hall–Kier alpha value is -1.92. The van der Waals surface area contributed by atoms with E-state index in [0.717, 1.165) is 17.6 Å². The predicted octanol–water partition coefficient (Wildman–Crippen LogP) is 4.76. The van der Waals surface area contributed by atoms with Crippen molar-refractivity contribution in [2.45, 2.75) is 65.2 Å². The summed E-state index contributed by atoms with van der Waals surface area (Å²) in [4.78, 5) is 4.28. The molecular formula is C23H33N3O2S. The fourth-order valence-corrected chi connectivity index (χ4v) is 5.09. The van der Waals surface area contributed by atoms with Crippen molar-refractivity contribution in [1.82, 2.24) is 13.3 Å². The van der Waals surface area contributed by atoms with Gasteiger partial charge >= 0.3 is 10.2 Å². The Balaban J connectivity index is 2.13. The molecule has 0 saturated heterocycles. The molecule has 0 spiro atoms. The number of nitrogens with zero attached hydrogens (tertiary/aromatic N) is 3. The van der Waals surface area contributed by atoms with E-state index in [1.807, 2.05) is 13.0 Å². The molecule has 1 aromatic carbocycles. The Kier molecular flexibility index (Phi) is 5.33. The molecule has 0 bridgehead atoms. The quantitative estimate of drug-likeness (QED) is 0.724. The van der Waals surface area contributed by atoms with Gasteiger partial charge in [0.05, 0.1) is 0 Å². The Morgan fingerprint density at radius 2 is 1.66 bits per heavy atom. The number of rotatable bonds is 4. The average molecular weight is 416 g/mol. The Morgan fingerprint density at radius 3 is 2.21 bits per heavy atom. The zero-order valence-electron chi connectivity index (χ0n) is 18.9. The van der Waals surface area contributed by atoms with Gasteiger partial charge in [-0.15, -0.1) is 0 Å². The van der Waals surface area contributed by atoms with Crippen LogP contribution in [-0.4, -0.2) is 35.8 Å². The van der Waals surface area contributed by atoms with Gasteiger partial charge in [-0.1, -0.05) is 39.8 Å². The van der Waals surface area contributed by atoms with E-state index in [1.165, 1.54) is 57.9 Å². The molecule has 0 atom stereocenters. The minimum absolute atomic E-state index is 0.125. The summed E-state index contributed by atoms with van der Waals surface area (Å²) in [6.07, 6.45) is 7.20. The maximum absolute atomic E-state index is 12.6. The maximum atomic E-state index is 12.6. The van der Waals surface area contributed by atoms with Crippen LogP contribution in [0.4, 0.5) is 0 Å². The molecule has 0 fully saturated rings. The van der Waals surface area contributed by atoms with Gasteiger partial charge in [0.25, 0.3) is 0 Å². The second kappa shape index (κ2) is 7.10. The molecule has 158 valence electrons. The number of benzene rings is 1. The van der Waals surface area contributed by atoms with Crippen molar-refractivity contribution >= 4 is 21.9 Å². The largest absolute Gasteiger partial charge is 0.308 e. The summed E-state index contributed by atoms with van der Waals surface area (Å²) < 4.78 is 27.5. The van der Waals surface area contributed by atoms with Gasteiger partial charge in [0, 0.05) is 26.5 Å². The minimum atomic E-state index is -3.61. The number of hydrogen-bond donors (Lipinski definition) is 0. The number of hydrogen-bond acceptors (Lipinski definition) is 3. The standard InChI is InChI=1S/C23H33N3O2S/c1-16-13-19-20(23(5,6)10-9-22(19,3)4)15-18(16)17(2)14-21-24-11-12-26(21)29(27,28)25(7)8/h11-15H,9-10H2,1-8H3/b17-14+. The van der Waals surface area contributed by atoms with E-state index in [1.54, 1.807) is 0 Å². The topological polar surface area (TPSA) is 55.2 Å². The summed E-state index contributed by atoms with van der Waals surface area (Å²) in [6.45, 7) is 13.4. The van der Waals surface area contributed by atoms with Crippen molar-refractivity contribution in [2.75, 3.05) is 14.1 Å². The maximum Gasteiger partial charge on any atom is 0.308 e. The van der Waals surface area contributed by atoms with Gasteiger partial charge in [0.1, 0.15) is 5.82 Å². The van der Waals surface area contributed by atoms with Crippen molar-refractivity contribution in [1.29, 1.82) is 0 Å². The van der Waals surface area contributed by atoms with E-state index in [0.29, 0.717) is 5.82 Å². The molecule has 0 unspecified atom stereocenters. The summed E-state index contributed by atoms with van der Waals surface area (Å²) in [5.41, 5.74) is 6.47. The van der Waals surface area contributed by atoms with Crippen LogP contribution in [0.25, 0.3) is 11.6 Å². The minimum Gasteiger partial charge on any atom is -0.236 e. The molecule has 2 aromatic rings. The highest BCUT2D eigenvalue weighted by atomic mass is 32.2. The van der Waals surface area contributed by atoms with E-state index in [-0.39, 0.29) is 10.8 Å². The second-order valence-electron chi connectivity index (χ2n) is 9.68. The molecule has 5 nitrogen and oxygen atoms in total. The van der Waals surface area contributed by atoms with Crippen molar-refractivity contribution in [3.05, 3.63) is 52.6 Å². The van der Waals surface area contributed by atoms with E-state index < -0.39 is 10.2 Å². The SMILES string of the molecule is C/C(=C\c1nccn1S(=O)(=O)N(C)C)c1cc2c(cc1C)C(C)(C)CCC2(C)C. The fourth-order valence-electron chi connectivity index (χ4n) is 4.19. The number of aryl methyl sites for hydroxylation is 1. The molecule has 0 saturated carbocycles. The lowest BCUT2D eigenvalue weighted by molar-refractivity contribution is 0.331. The van der Waals surface area contributed by atoms with Crippen molar-refractivity contribution in [3.63, 3.8) is 0 Å². The van der Waals surface area contributed by atoms with E-state index in [4.69, 9.17) is 0 Å². The summed E-state index contributed by atoms with van der Waals surface area (Å²) >= 11 is 0. The summed E-state index contributed by atoms with van der Waals surface area (Å²) in [5, 5.41) is 0. The van der Waals surface area contributed by atoms with Crippen LogP contribution in [0.5, 0.6) is 0 Å². The number of allylic oxidation sites excluding steroid dienone is 1. The van der Waals surface area contributed by atoms with E-state index in [9.17, 15) is 8.42 Å². The normalized spacial score (nSPS) is 18.7. The van der Waals surface area contributed by atoms with Crippen LogP contribution in [0.15, 0.2) is 24.5 Å². The lowest BCUT2D eigenvalue weighted by Gasteiger charge is -2.42. The van der Waals surface area contributed by atoms with Gasteiger partial charge in [-0.05, 0) is 71.4 Å². The van der Waals surface area contributed by atoms with Crippen LogP contribution in [0.3, 0.4) is 0 Å². The van der Waals surface area contributed by atoms with Gasteiger partial charge in [0.2, 0.25) is 0 Å². The first-order chi connectivity index (χ1) is 13.3. The molecule has 1 aromatic heterocycles. The Bertz CT molecular complexity index is 1070. The number of imidazole rings is 1. The van der Waals surface area contributed by atoms with E-state index in [2.05, 4.69) is 51.7 Å². The Morgan fingerprint density at radius 1 is 1.10 bits per heavy atom. The third-order valence-electron chi connectivity index (χ3n) is 6.31. The van der Waals surface area contributed by atoms with Crippen molar-refractivity contribution in [2.24, 2.45) is 0 Å². The lowest BCUT2D eigenvalue weighted by atomic mass is 9.62. The monoisotopic (exact) mass is 415 g/mol. The molecule has 29 heavy (non-hydrogen) atoms. The molecule has 1 heterocycles. The van der Waals surface area contributed by atoms with Crippen LogP contribution in [0.2, 0.25) is 0 Å². The predicted molar refractivity (Wildman–Crippen MR) is 120 cm³/mol. The molecule has 1 aliphatic carbocycles. The molecule has 0 N–H and O–H groups in total. The van der Waals surface area contributed by atoms with Gasteiger partial charge in [-0.3, -0.25) is 0 Å². The van der Waals surface area contributed by atoms with Crippen LogP contribution in [0.1, 0.15) is 75.5 Å². The zero-order chi connectivity index (χ0) is 21.8. The van der Waals surface area contributed by atoms with Crippen LogP contribution in [0, 0.1) is 6.92 Å². The molecule has 1 aliphatic rings. The summed E-state index contributed by atoms with van der Waals surface area (Å²) in [5.74, 6) is 0.410. The first-order valence-corrected chi connectivity index (χ1v) is 11.5. The third-order valence-corrected chi connectivity index (χ3v) is 8.04. The van der Waals surface area contributed by atoms with Gasteiger partial charge in [-0.25, -0.2) is 8.96 Å². The third kappa shape index (κ3) is 3.80. The van der Waals surface area contributed by atoms with Gasteiger partial charge in [-0.2, -0.15) is 12.7 Å². The smallest absolute Gasteiger partial charge is 0.236 e. The fraction of sp³-hybridized carbons (Fsp3) is 0.522. The molecule has 0 aliphatic heterocycles. The summed E-state index contributed by atoms with van der Waals surface area (Å²) in [6, 6.07) is 4.64. The van der Waals surface area contributed by atoms with Gasteiger partial charge in [0.15, 0.2) is 0 Å². The molecular weight excluding hydrogens is 382 g/mol. The highest BCUT2D eigenvalue weighted by Gasteiger charge is 2.37. The first-order valence-electron chi connectivity index (χ1n) is 10.1. The molecule has 0 amide bonds. The summed E-state index contributed by atoms with van der Waals surface area (Å²) in [7, 11) is -0.566. The van der Waals surface area contributed by atoms with Crippen molar-refractivity contribution in [3.8, 4) is 0 Å². The molecule has 3 rings (SSSR count). The van der Waals surface area contributed by atoms with Crippen LogP contribution >= 0.6 is 0 Å². The van der Waals surface area contributed by atoms with Crippen LogP contribution in [-0.2, 0) is 21.0 Å². The van der Waals surface area contributed by atoms with E-state index >= 15 is 0 Å². The van der Waals surface area contributed by atoms with Gasteiger partial charge < -0.3 is 0 Å². The Labute approximate surface area is 175 Å². The van der Waals surface area contributed by atoms with Crippen LogP contribution < -0.4 is 0 Å². The molecule has 0 radical (unpaired) electrons.